The molecule has 166 valence electrons. The third-order valence-electron chi connectivity index (χ3n) is 6.23. The van der Waals surface area contributed by atoms with Crippen molar-refractivity contribution in [1.29, 1.82) is 0 Å². The summed E-state index contributed by atoms with van der Waals surface area (Å²) in [6.07, 6.45) is 9.90. The molecule has 0 radical (unpaired) electrons. The van der Waals surface area contributed by atoms with Gasteiger partial charge in [-0.05, 0) is 33.0 Å². The maximum Gasteiger partial charge on any atom is 0.376 e. The zero-order valence-electron chi connectivity index (χ0n) is 18.2. The third kappa shape index (κ3) is 5.98. The Balaban J connectivity index is 1.55. The van der Waals surface area contributed by atoms with Gasteiger partial charge in [-0.3, -0.25) is 4.79 Å². The lowest BCUT2D eigenvalue weighted by Crippen LogP contribution is -2.64. The fraction of sp³-hybridized carbons (Fsp3) is 0.750. The van der Waals surface area contributed by atoms with E-state index in [1.54, 1.807) is 18.1 Å². The molecule has 1 aliphatic heterocycles. The zero-order chi connectivity index (χ0) is 21.5. The molecule has 0 bridgehead atoms. The minimum atomic E-state index is -0.645. The van der Waals surface area contributed by atoms with Gasteiger partial charge in [-0.15, -0.1) is 0 Å². The smallest absolute Gasteiger partial charge is 0.376 e. The zero-order valence-corrected chi connectivity index (χ0v) is 18.2. The average molecular weight is 418 g/mol. The van der Waals surface area contributed by atoms with Gasteiger partial charge in [0.2, 0.25) is 5.91 Å². The molecular formula is C20H35BN6O3. The lowest BCUT2D eigenvalue weighted by Gasteiger charge is -2.41. The van der Waals surface area contributed by atoms with E-state index in [4.69, 9.17) is 0 Å². The van der Waals surface area contributed by atoms with Crippen LogP contribution in [0.2, 0.25) is 6.82 Å². The Labute approximate surface area is 179 Å². The summed E-state index contributed by atoms with van der Waals surface area (Å²) in [7, 11) is -0.645. The molecule has 2 heterocycles. The van der Waals surface area contributed by atoms with E-state index < -0.39 is 13.1 Å². The topological polar surface area (TPSA) is 103 Å². The average Bonchev–Trinajstić information content (AvgIpc) is 3.16. The summed E-state index contributed by atoms with van der Waals surface area (Å²) in [5.41, 5.74) is 1.09. The molecule has 1 saturated carbocycles. The van der Waals surface area contributed by atoms with E-state index in [-0.39, 0.29) is 18.0 Å². The highest BCUT2D eigenvalue weighted by Crippen LogP contribution is 2.19. The Bertz CT molecular complexity index is 706. The SMILES string of the molecule is CB(O)N1CCN(C(=O)NC2CCCCC2)[C@@H](C(=O)NCCCn2cncc2C)C1. The number of carbonyl (C=O) groups is 2. The van der Waals surface area contributed by atoms with Crippen molar-refractivity contribution >= 4 is 19.0 Å². The van der Waals surface area contributed by atoms with Gasteiger partial charge in [-0.2, -0.15) is 0 Å². The van der Waals surface area contributed by atoms with E-state index in [1.807, 2.05) is 22.5 Å². The predicted octanol–water partition coefficient (Wildman–Crippen LogP) is 0.837. The van der Waals surface area contributed by atoms with E-state index in [0.717, 1.165) is 44.3 Å². The second-order valence-electron chi connectivity index (χ2n) is 8.49. The maximum absolute atomic E-state index is 12.9. The number of rotatable bonds is 7. The number of amides is 3. The molecule has 2 fully saturated rings. The molecule has 1 atom stereocenters. The van der Waals surface area contributed by atoms with Crippen molar-refractivity contribution in [2.24, 2.45) is 0 Å². The fourth-order valence-electron chi connectivity index (χ4n) is 4.32. The number of imidazole rings is 1. The van der Waals surface area contributed by atoms with Gasteiger partial charge < -0.3 is 29.9 Å². The highest BCUT2D eigenvalue weighted by Gasteiger charge is 2.37. The van der Waals surface area contributed by atoms with Crippen molar-refractivity contribution < 1.29 is 14.6 Å². The molecule has 1 saturated heterocycles. The number of aromatic nitrogens is 2. The van der Waals surface area contributed by atoms with Crippen LogP contribution in [0.25, 0.3) is 0 Å². The largest absolute Gasteiger partial charge is 0.437 e. The van der Waals surface area contributed by atoms with Gasteiger partial charge in [0.25, 0.3) is 0 Å². The summed E-state index contributed by atoms with van der Waals surface area (Å²) < 4.78 is 2.05. The van der Waals surface area contributed by atoms with Crippen molar-refractivity contribution in [3.63, 3.8) is 0 Å². The van der Waals surface area contributed by atoms with Crippen LogP contribution in [0.5, 0.6) is 0 Å². The number of piperazine rings is 1. The van der Waals surface area contributed by atoms with Gasteiger partial charge in [-0.1, -0.05) is 19.3 Å². The number of carbonyl (C=O) groups excluding carboxylic acids is 2. The summed E-state index contributed by atoms with van der Waals surface area (Å²) in [4.78, 5) is 33.5. The molecule has 1 aromatic heterocycles. The highest BCUT2D eigenvalue weighted by atomic mass is 16.2. The van der Waals surface area contributed by atoms with Crippen LogP contribution in [0, 0.1) is 6.92 Å². The first kappa shape index (κ1) is 22.6. The maximum atomic E-state index is 12.9. The van der Waals surface area contributed by atoms with E-state index >= 15 is 0 Å². The molecule has 3 rings (SSSR count). The Morgan fingerprint density at radius 3 is 2.70 bits per heavy atom. The summed E-state index contributed by atoms with van der Waals surface area (Å²) in [5, 5.41) is 16.1. The first-order chi connectivity index (χ1) is 14.5. The molecule has 3 N–H and O–H groups in total. The number of nitrogens with zero attached hydrogens (tertiary/aromatic N) is 4. The lowest BCUT2D eigenvalue weighted by molar-refractivity contribution is -0.126. The van der Waals surface area contributed by atoms with Crippen LogP contribution in [0.15, 0.2) is 12.5 Å². The summed E-state index contributed by atoms with van der Waals surface area (Å²) in [6.45, 7) is 6.32. The Morgan fingerprint density at radius 2 is 2.03 bits per heavy atom. The fourth-order valence-corrected chi connectivity index (χ4v) is 4.32. The van der Waals surface area contributed by atoms with Crippen molar-refractivity contribution in [3.05, 3.63) is 18.2 Å². The lowest BCUT2D eigenvalue weighted by atomic mass is 9.83. The molecule has 0 aromatic carbocycles. The van der Waals surface area contributed by atoms with Crippen LogP contribution in [-0.2, 0) is 11.3 Å². The molecule has 30 heavy (non-hydrogen) atoms. The van der Waals surface area contributed by atoms with Crippen molar-refractivity contribution in [3.8, 4) is 0 Å². The van der Waals surface area contributed by atoms with Gasteiger partial charge in [0.15, 0.2) is 0 Å². The van der Waals surface area contributed by atoms with Crippen LogP contribution >= 0.6 is 0 Å². The van der Waals surface area contributed by atoms with Gasteiger partial charge in [0.05, 0.1) is 6.33 Å². The Hall–Kier alpha value is -2.07. The van der Waals surface area contributed by atoms with Crippen molar-refractivity contribution in [1.82, 2.24) is 29.9 Å². The van der Waals surface area contributed by atoms with Gasteiger partial charge in [0.1, 0.15) is 6.04 Å². The number of nitrogens with one attached hydrogen (secondary N) is 2. The summed E-state index contributed by atoms with van der Waals surface area (Å²) in [6, 6.07) is -0.573. The van der Waals surface area contributed by atoms with E-state index in [0.29, 0.717) is 26.2 Å². The van der Waals surface area contributed by atoms with Gasteiger partial charge >= 0.3 is 13.1 Å². The molecular weight excluding hydrogens is 383 g/mol. The second kappa shape index (κ2) is 10.8. The molecule has 9 nitrogen and oxygen atoms in total. The molecule has 3 amide bonds. The van der Waals surface area contributed by atoms with E-state index in [1.165, 1.54) is 6.42 Å². The Kier molecular flexibility index (Phi) is 8.15. The normalized spacial score (nSPS) is 20.8. The van der Waals surface area contributed by atoms with Crippen LogP contribution in [0.3, 0.4) is 0 Å². The van der Waals surface area contributed by atoms with Crippen LogP contribution < -0.4 is 10.6 Å². The molecule has 1 aliphatic carbocycles. The Morgan fingerprint density at radius 1 is 1.27 bits per heavy atom. The van der Waals surface area contributed by atoms with Crippen LogP contribution in [-0.4, -0.2) is 81.5 Å². The summed E-state index contributed by atoms with van der Waals surface area (Å²) >= 11 is 0. The van der Waals surface area contributed by atoms with E-state index in [2.05, 4.69) is 15.6 Å². The third-order valence-corrected chi connectivity index (χ3v) is 6.23. The molecule has 2 aliphatic rings. The van der Waals surface area contributed by atoms with Crippen LogP contribution in [0.1, 0.15) is 44.2 Å². The quantitative estimate of drug-likeness (QED) is 0.450. The van der Waals surface area contributed by atoms with Crippen LogP contribution in [0.4, 0.5) is 4.79 Å². The molecule has 0 spiro atoms. The van der Waals surface area contributed by atoms with Gasteiger partial charge in [0, 0.05) is 50.7 Å². The molecule has 0 unspecified atom stereocenters. The predicted molar refractivity (Wildman–Crippen MR) is 116 cm³/mol. The highest BCUT2D eigenvalue weighted by molar-refractivity contribution is 6.45. The number of urea groups is 1. The molecule has 1 aromatic rings. The summed E-state index contributed by atoms with van der Waals surface area (Å²) in [5.74, 6) is -0.165. The van der Waals surface area contributed by atoms with Gasteiger partial charge in [-0.25, -0.2) is 9.78 Å². The standard InChI is InChI=1S/C20H35BN6O3/c1-16-13-22-15-25(16)10-6-9-23-19(28)18-14-26(21(2)30)11-12-27(18)20(29)24-17-7-4-3-5-8-17/h13,15,17-18,30H,3-12,14H2,1-2H3,(H,23,28)(H,24,29)/t18-/m1/s1. The van der Waals surface area contributed by atoms with Crippen molar-refractivity contribution in [2.75, 3.05) is 26.2 Å². The molecule has 10 heteroatoms. The number of aryl methyl sites for hydroxylation is 2. The second-order valence-corrected chi connectivity index (χ2v) is 8.49. The van der Waals surface area contributed by atoms with E-state index in [9.17, 15) is 14.6 Å². The first-order valence-electron chi connectivity index (χ1n) is 11.2. The minimum Gasteiger partial charge on any atom is -0.437 e. The first-order valence-corrected chi connectivity index (χ1v) is 11.2. The monoisotopic (exact) mass is 418 g/mol. The minimum absolute atomic E-state index is 0.165. The number of hydrogen-bond donors (Lipinski definition) is 3. The number of hydrogen-bond acceptors (Lipinski definition) is 5. The van der Waals surface area contributed by atoms with Crippen molar-refractivity contribution in [2.45, 2.75) is 70.9 Å².